The molecule has 0 fully saturated rings. The summed E-state index contributed by atoms with van der Waals surface area (Å²) < 4.78 is 10.1. The first kappa shape index (κ1) is 14.3. The quantitative estimate of drug-likeness (QED) is 0.546. The third-order valence-electron chi connectivity index (χ3n) is 1.99. The summed E-state index contributed by atoms with van der Waals surface area (Å²) in [6.45, 7) is 2.66. The molecule has 5 nitrogen and oxygen atoms in total. The fourth-order valence-electron chi connectivity index (χ4n) is 1.03. The number of carbonyl (C=O) groups is 1. The minimum atomic E-state index is 0.000803. The molecule has 0 saturated carbocycles. The summed E-state index contributed by atoms with van der Waals surface area (Å²) in [7, 11) is 3.41. The second-order valence-corrected chi connectivity index (χ2v) is 3.36. The van der Waals surface area contributed by atoms with E-state index < -0.39 is 0 Å². The molecule has 0 radical (unpaired) electrons. The number of methoxy groups -OCH3 is 1. The lowest BCUT2D eigenvalue weighted by molar-refractivity contribution is -0.134. The molecule has 5 heteroatoms. The first-order chi connectivity index (χ1) is 7.22. The summed E-state index contributed by atoms with van der Waals surface area (Å²) in [5, 5.41) is 0. The van der Waals surface area contributed by atoms with Crippen molar-refractivity contribution in [1.29, 1.82) is 0 Å². The lowest BCUT2D eigenvalue weighted by Crippen LogP contribution is -2.32. The van der Waals surface area contributed by atoms with Crippen LogP contribution in [0.1, 0.15) is 12.8 Å². The van der Waals surface area contributed by atoms with Gasteiger partial charge in [-0.15, -0.1) is 0 Å². The van der Waals surface area contributed by atoms with Crippen LogP contribution in [0.4, 0.5) is 0 Å². The van der Waals surface area contributed by atoms with Crippen molar-refractivity contribution in [2.24, 2.45) is 5.73 Å². The molecule has 0 aromatic carbocycles. The maximum absolute atomic E-state index is 11.4. The second kappa shape index (κ2) is 9.89. The van der Waals surface area contributed by atoms with Crippen molar-refractivity contribution in [2.75, 3.05) is 47.1 Å². The van der Waals surface area contributed by atoms with E-state index in [2.05, 4.69) is 0 Å². The van der Waals surface area contributed by atoms with Crippen LogP contribution in [0.15, 0.2) is 0 Å². The number of nitrogens with zero attached hydrogens (tertiary/aromatic N) is 1. The van der Waals surface area contributed by atoms with E-state index in [1.165, 1.54) is 0 Å². The van der Waals surface area contributed by atoms with Crippen LogP contribution in [0, 0.1) is 0 Å². The molecular weight excluding hydrogens is 196 g/mol. The molecule has 15 heavy (non-hydrogen) atoms. The summed E-state index contributed by atoms with van der Waals surface area (Å²) in [6.07, 6.45) is 1.64. The minimum Gasteiger partial charge on any atom is -0.385 e. The number of hydrogen-bond donors (Lipinski definition) is 1. The van der Waals surface area contributed by atoms with Crippen LogP contribution >= 0.6 is 0 Å². The van der Waals surface area contributed by atoms with Gasteiger partial charge in [0.05, 0.1) is 0 Å². The Morgan fingerprint density at radius 2 is 2.07 bits per heavy atom. The fourth-order valence-corrected chi connectivity index (χ4v) is 1.03. The number of likely N-dealkylation sites (N-methyl/N-ethyl adjacent to an activating group) is 1. The number of amides is 1. The van der Waals surface area contributed by atoms with Crippen molar-refractivity contribution in [3.05, 3.63) is 0 Å². The van der Waals surface area contributed by atoms with Gasteiger partial charge in [-0.3, -0.25) is 4.79 Å². The SMILES string of the molecule is COCCCOCC(=O)N(C)CCCN. The van der Waals surface area contributed by atoms with Gasteiger partial charge < -0.3 is 20.1 Å². The van der Waals surface area contributed by atoms with E-state index in [1.54, 1.807) is 19.1 Å². The minimum absolute atomic E-state index is 0.000803. The van der Waals surface area contributed by atoms with Gasteiger partial charge in [0.15, 0.2) is 0 Å². The Labute approximate surface area is 91.5 Å². The van der Waals surface area contributed by atoms with Crippen LogP contribution in [-0.4, -0.2) is 57.9 Å². The molecule has 0 aliphatic carbocycles. The molecule has 0 aliphatic heterocycles. The number of carbonyl (C=O) groups excluding carboxylic acids is 1. The summed E-state index contributed by atoms with van der Waals surface area (Å²) >= 11 is 0. The van der Waals surface area contributed by atoms with Gasteiger partial charge >= 0.3 is 0 Å². The summed E-state index contributed by atoms with van der Waals surface area (Å²) in [5.74, 6) is 0.000803. The third-order valence-corrected chi connectivity index (χ3v) is 1.99. The largest absolute Gasteiger partial charge is 0.385 e. The Morgan fingerprint density at radius 3 is 2.67 bits per heavy atom. The van der Waals surface area contributed by atoms with Crippen molar-refractivity contribution in [3.8, 4) is 0 Å². The van der Waals surface area contributed by atoms with Crippen molar-refractivity contribution < 1.29 is 14.3 Å². The molecule has 0 aromatic rings. The van der Waals surface area contributed by atoms with E-state index >= 15 is 0 Å². The second-order valence-electron chi connectivity index (χ2n) is 3.36. The number of rotatable bonds is 9. The molecular formula is C10H22N2O3. The van der Waals surface area contributed by atoms with Gasteiger partial charge in [-0.05, 0) is 19.4 Å². The predicted molar refractivity (Wildman–Crippen MR) is 58.6 cm³/mol. The maximum Gasteiger partial charge on any atom is 0.248 e. The average molecular weight is 218 g/mol. The van der Waals surface area contributed by atoms with Gasteiger partial charge in [-0.1, -0.05) is 0 Å². The van der Waals surface area contributed by atoms with Gasteiger partial charge in [0, 0.05) is 33.9 Å². The number of hydrogen-bond acceptors (Lipinski definition) is 4. The van der Waals surface area contributed by atoms with Gasteiger partial charge in [0.2, 0.25) is 5.91 Å². The van der Waals surface area contributed by atoms with Crippen molar-refractivity contribution in [3.63, 3.8) is 0 Å². The fraction of sp³-hybridized carbons (Fsp3) is 0.900. The monoisotopic (exact) mass is 218 g/mol. The molecule has 0 aliphatic rings. The van der Waals surface area contributed by atoms with E-state index in [-0.39, 0.29) is 12.5 Å². The van der Waals surface area contributed by atoms with Crippen LogP contribution in [0.25, 0.3) is 0 Å². The van der Waals surface area contributed by atoms with Gasteiger partial charge in [-0.25, -0.2) is 0 Å². The molecule has 0 aromatic heterocycles. The smallest absolute Gasteiger partial charge is 0.248 e. The normalized spacial score (nSPS) is 10.3. The van der Waals surface area contributed by atoms with Crippen LogP contribution in [-0.2, 0) is 14.3 Å². The lowest BCUT2D eigenvalue weighted by Gasteiger charge is -2.16. The van der Waals surface area contributed by atoms with Gasteiger partial charge in [0.25, 0.3) is 0 Å². The molecule has 0 heterocycles. The molecule has 0 bridgehead atoms. The number of ether oxygens (including phenoxy) is 2. The third kappa shape index (κ3) is 8.35. The first-order valence-corrected chi connectivity index (χ1v) is 5.23. The van der Waals surface area contributed by atoms with Crippen LogP contribution in [0.5, 0.6) is 0 Å². The standard InChI is InChI=1S/C10H22N2O3/c1-12(6-3-5-11)10(13)9-15-8-4-7-14-2/h3-9,11H2,1-2H3. The van der Waals surface area contributed by atoms with Crippen LogP contribution in [0.3, 0.4) is 0 Å². The Morgan fingerprint density at radius 1 is 1.33 bits per heavy atom. The molecule has 0 atom stereocenters. The molecule has 0 unspecified atom stereocenters. The molecule has 2 N–H and O–H groups in total. The highest BCUT2D eigenvalue weighted by Crippen LogP contribution is 1.90. The van der Waals surface area contributed by atoms with E-state index in [1.807, 2.05) is 0 Å². The Hall–Kier alpha value is -0.650. The van der Waals surface area contributed by atoms with Crippen molar-refractivity contribution in [1.82, 2.24) is 4.90 Å². The van der Waals surface area contributed by atoms with Crippen molar-refractivity contribution >= 4 is 5.91 Å². The summed E-state index contributed by atoms with van der Waals surface area (Å²) in [6, 6.07) is 0. The highest BCUT2D eigenvalue weighted by Gasteiger charge is 2.07. The zero-order valence-electron chi connectivity index (χ0n) is 9.70. The van der Waals surface area contributed by atoms with E-state index in [4.69, 9.17) is 15.2 Å². The Kier molecular flexibility index (Phi) is 9.46. The Balaban J connectivity index is 3.38. The van der Waals surface area contributed by atoms with Gasteiger partial charge in [-0.2, -0.15) is 0 Å². The van der Waals surface area contributed by atoms with Crippen LogP contribution < -0.4 is 5.73 Å². The first-order valence-electron chi connectivity index (χ1n) is 5.23. The zero-order valence-corrected chi connectivity index (χ0v) is 9.70. The van der Waals surface area contributed by atoms with E-state index in [0.717, 1.165) is 12.8 Å². The maximum atomic E-state index is 11.4. The predicted octanol–water partition coefficient (Wildman–Crippen LogP) is -0.153. The topological polar surface area (TPSA) is 64.8 Å². The van der Waals surface area contributed by atoms with E-state index in [9.17, 15) is 4.79 Å². The summed E-state index contributed by atoms with van der Waals surface area (Å²) in [5.41, 5.74) is 5.35. The summed E-state index contributed by atoms with van der Waals surface area (Å²) in [4.78, 5) is 13.1. The lowest BCUT2D eigenvalue weighted by atomic mass is 10.4. The molecule has 90 valence electrons. The molecule has 1 amide bonds. The van der Waals surface area contributed by atoms with E-state index in [0.29, 0.717) is 26.3 Å². The van der Waals surface area contributed by atoms with Gasteiger partial charge in [0.1, 0.15) is 6.61 Å². The number of nitrogens with two attached hydrogens (primary N) is 1. The highest BCUT2D eigenvalue weighted by molar-refractivity contribution is 5.77. The van der Waals surface area contributed by atoms with Crippen molar-refractivity contribution in [2.45, 2.75) is 12.8 Å². The molecule has 0 spiro atoms. The highest BCUT2D eigenvalue weighted by atomic mass is 16.5. The molecule has 0 saturated heterocycles. The molecule has 0 rings (SSSR count). The Bertz CT molecular complexity index is 165. The zero-order chi connectivity index (χ0) is 11.5. The van der Waals surface area contributed by atoms with Crippen LogP contribution in [0.2, 0.25) is 0 Å². The average Bonchev–Trinajstić information content (AvgIpc) is 2.25.